The fraction of sp³-hybridized carbons (Fsp3) is 0.400. The summed E-state index contributed by atoms with van der Waals surface area (Å²) in [6.45, 7) is 3.78. The maximum absolute atomic E-state index is 13.5. The number of hydrogen-bond donors (Lipinski definition) is 2. The zero-order valence-corrected chi connectivity index (χ0v) is 20.2. The second kappa shape index (κ2) is 11.3. The van der Waals surface area contributed by atoms with E-state index in [1.807, 2.05) is 30.3 Å². The van der Waals surface area contributed by atoms with E-state index in [1.165, 1.54) is 4.90 Å². The van der Waals surface area contributed by atoms with Gasteiger partial charge in [-0.3, -0.25) is 9.59 Å². The van der Waals surface area contributed by atoms with Gasteiger partial charge in [0.05, 0.1) is 16.9 Å². The summed E-state index contributed by atoms with van der Waals surface area (Å²) in [4.78, 5) is 27.9. The third-order valence-corrected chi connectivity index (χ3v) is 7.75. The van der Waals surface area contributed by atoms with Crippen molar-refractivity contribution in [3.05, 3.63) is 71.3 Å². The first-order valence-electron chi connectivity index (χ1n) is 11.3. The van der Waals surface area contributed by atoms with E-state index in [-0.39, 0.29) is 18.9 Å². The Morgan fingerprint density at radius 2 is 1.76 bits per heavy atom. The number of nitriles is 1. The van der Waals surface area contributed by atoms with Crippen LogP contribution in [-0.2, 0) is 32.6 Å². The summed E-state index contributed by atoms with van der Waals surface area (Å²) in [6.07, 6.45) is 1.37. The molecule has 0 bridgehead atoms. The van der Waals surface area contributed by atoms with Crippen molar-refractivity contribution in [3.63, 3.8) is 0 Å². The summed E-state index contributed by atoms with van der Waals surface area (Å²) in [7, 11) is -3.70. The van der Waals surface area contributed by atoms with Gasteiger partial charge in [0.25, 0.3) is 0 Å². The van der Waals surface area contributed by atoms with E-state index in [9.17, 15) is 18.0 Å². The highest BCUT2D eigenvalue weighted by Crippen LogP contribution is 2.20. The average Bonchev–Trinajstić information content (AvgIpc) is 3.32. The van der Waals surface area contributed by atoms with Crippen molar-refractivity contribution in [2.24, 2.45) is 0 Å². The first-order valence-corrected chi connectivity index (χ1v) is 12.9. The van der Waals surface area contributed by atoms with Crippen molar-refractivity contribution in [1.82, 2.24) is 14.9 Å². The Hall–Kier alpha value is -3.22. The Labute approximate surface area is 201 Å². The minimum atomic E-state index is -3.70. The summed E-state index contributed by atoms with van der Waals surface area (Å²) in [5.74, 6) is -0.676. The molecule has 2 aromatic rings. The lowest BCUT2D eigenvalue weighted by Crippen LogP contribution is -2.54. The van der Waals surface area contributed by atoms with Gasteiger partial charge in [-0.25, -0.2) is 13.1 Å². The van der Waals surface area contributed by atoms with Gasteiger partial charge in [0.1, 0.15) is 12.1 Å². The predicted molar refractivity (Wildman–Crippen MR) is 129 cm³/mol. The molecule has 0 radical (unpaired) electrons. The first kappa shape index (κ1) is 25.4. The van der Waals surface area contributed by atoms with E-state index < -0.39 is 33.3 Å². The van der Waals surface area contributed by atoms with Crippen LogP contribution in [0.5, 0.6) is 0 Å². The van der Waals surface area contributed by atoms with Crippen LogP contribution < -0.4 is 10.0 Å². The maximum Gasteiger partial charge on any atom is 0.243 e. The normalized spacial score (nSPS) is 16.8. The fourth-order valence-electron chi connectivity index (χ4n) is 3.87. The van der Waals surface area contributed by atoms with Gasteiger partial charge >= 0.3 is 0 Å². The van der Waals surface area contributed by atoms with Crippen molar-refractivity contribution in [2.75, 3.05) is 6.54 Å². The SMILES string of the molecule is CC(C)S(=O)(=O)N[C@H](Cc1ccccc1)C(=O)N1CCC[C@H]1C(=O)NCc1ccc(C#N)cc1. The number of carbonyl (C=O) groups excluding carboxylic acids is 2. The second-order valence-electron chi connectivity index (χ2n) is 8.67. The smallest absolute Gasteiger partial charge is 0.243 e. The highest BCUT2D eigenvalue weighted by Gasteiger charge is 2.38. The van der Waals surface area contributed by atoms with Gasteiger partial charge in [-0.2, -0.15) is 5.26 Å². The molecular weight excluding hydrogens is 452 g/mol. The van der Waals surface area contributed by atoms with E-state index in [0.29, 0.717) is 24.9 Å². The van der Waals surface area contributed by atoms with Crippen LogP contribution in [0, 0.1) is 11.3 Å². The summed E-state index contributed by atoms with van der Waals surface area (Å²) < 4.78 is 27.7. The van der Waals surface area contributed by atoms with Gasteiger partial charge in [-0.1, -0.05) is 42.5 Å². The third-order valence-electron chi connectivity index (χ3n) is 5.90. The van der Waals surface area contributed by atoms with Crippen LogP contribution in [0.25, 0.3) is 0 Å². The number of benzene rings is 2. The number of sulfonamides is 1. The minimum Gasteiger partial charge on any atom is -0.350 e. The van der Waals surface area contributed by atoms with E-state index in [1.54, 1.807) is 38.1 Å². The summed E-state index contributed by atoms with van der Waals surface area (Å²) >= 11 is 0. The van der Waals surface area contributed by atoms with E-state index >= 15 is 0 Å². The molecule has 1 aliphatic rings. The average molecular weight is 483 g/mol. The lowest BCUT2D eigenvalue weighted by molar-refractivity contribution is -0.139. The zero-order valence-electron chi connectivity index (χ0n) is 19.4. The number of hydrogen-bond acceptors (Lipinski definition) is 5. The van der Waals surface area contributed by atoms with Gasteiger partial charge in [-0.15, -0.1) is 0 Å². The highest BCUT2D eigenvalue weighted by molar-refractivity contribution is 7.90. The van der Waals surface area contributed by atoms with Crippen LogP contribution in [0.2, 0.25) is 0 Å². The number of likely N-dealkylation sites (tertiary alicyclic amines) is 1. The summed E-state index contributed by atoms with van der Waals surface area (Å²) in [5, 5.41) is 11.1. The molecule has 0 unspecified atom stereocenters. The molecule has 2 aromatic carbocycles. The molecule has 8 nitrogen and oxygen atoms in total. The molecule has 0 spiro atoms. The van der Waals surface area contributed by atoms with Crippen molar-refractivity contribution in [2.45, 2.75) is 57.0 Å². The molecule has 3 rings (SSSR count). The molecule has 2 atom stereocenters. The molecular formula is C25H30N4O4S. The van der Waals surface area contributed by atoms with Gasteiger partial charge in [0, 0.05) is 13.1 Å². The molecule has 2 N–H and O–H groups in total. The Kier molecular flexibility index (Phi) is 8.42. The van der Waals surface area contributed by atoms with E-state index in [4.69, 9.17) is 5.26 Å². The lowest BCUT2D eigenvalue weighted by atomic mass is 10.0. The molecule has 34 heavy (non-hydrogen) atoms. The van der Waals surface area contributed by atoms with Crippen molar-refractivity contribution in [1.29, 1.82) is 5.26 Å². The van der Waals surface area contributed by atoms with Crippen LogP contribution in [0.15, 0.2) is 54.6 Å². The number of amides is 2. The number of nitrogens with one attached hydrogen (secondary N) is 2. The molecule has 0 aliphatic carbocycles. The third kappa shape index (κ3) is 6.43. The molecule has 9 heteroatoms. The molecule has 1 heterocycles. The zero-order chi connectivity index (χ0) is 24.7. The lowest BCUT2D eigenvalue weighted by Gasteiger charge is -2.29. The predicted octanol–water partition coefficient (Wildman–Crippen LogP) is 2.10. The molecule has 0 aromatic heterocycles. The summed E-state index contributed by atoms with van der Waals surface area (Å²) in [5.41, 5.74) is 2.21. The highest BCUT2D eigenvalue weighted by atomic mass is 32.2. The van der Waals surface area contributed by atoms with Crippen molar-refractivity contribution >= 4 is 21.8 Å². The van der Waals surface area contributed by atoms with Gasteiger partial charge < -0.3 is 10.2 Å². The number of carbonyl (C=O) groups is 2. The Balaban J connectivity index is 1.73. The molecule has 1 saturated heterocycles. The van der Waals surface area contributed by atoms with Gasteiger partial charge in [0.15, 0.2) is 0 Å². The fourth-order valence-corrected chi connectivity index (χ4v) is 4.72. The molecule has 0 saturated carbocycles. The monoisotopic (exact) mass is 482 g/mol. The molecule has 180 valence electrons. The second-order valence-corrected chi connectivity index (χ2v) is 10.9. The van der Waals surface area contributed by atoms with Crippen LogP contribution >= 0.6 is 0 Å². The van der Waals surface area contributed by atoms with Crippen LogP contribution in [-0.4, -0.2) is 49.0 Å². The Bertz CT molecular complexity index is 1140. The van der Waals surface area contributed by atoms with Crippen LogP contribution in [0.3, 0.4) is 0 Å². The molecule has 2 amide bonds. The molecule has 1 aliphatic heterocycles. The maximum atomic E-state index is 13.5. The molecule has 1 fully saturated rings. The standard InChI is InChI=1S/C25H30N4O4S/c1-18(2)34(32,33)28-22(15-19-7-4-3-5-8-19)25(31)29-14-6-9-23(29)24(30)27-17-21-12-10-20(16-26)11-13-21/h3-5,7-8,10-13,18,22-23,28H,6,9,14-15,17H2,1-2H3,(H,27,30)/t22-,23+/m1/s1. The Morgan fingerprint density at radius 3 is 2.38 bits per heavy atom. The number of rotatable bonds is 9. The first-order chi connectivity index (χ1) is 16.2. The van der Waals surface area contributed by atoms with Crippen molar-refractivity contribution in [3.8, 4) is 6.07 Å². The number of nitrogens with zero attached hydrogens (tertiary/aromatic N) is 2. The largest absolute Gasteiger partial charge is 0.350 e. The van der Waals surface area contributed by atoms with E-state index in [2.05, 4.69) is 16.1 Å². The topological polar surface area (TPSA) is 119 Å². The quantitative estimate of drug-likeness (QED) is 0.567. The Morgan fingerprint density at radius 1 is 1.09 bits per heavy atom. The minimum absolute atomic E-state index is 0.196. The van der Waals surface area contributed by atoms with Crippen LogP contribution in [0.1, 0.15) is 43.4 Å². The van der Waals surface area contributed by atoms with E-state index in [0.717, 1.165) is 11.1 Å². The summed E-state index contributed by atoms with van der Waals surface area (Å²) in [6, 6.07) is 16.5. The van der Waals surface area contributed by atoms with Crippen LogP contribution in [0.4, 0.5) is 0 Å². The van der Waals surface area contributed by atoms with Gasteiger partial charge in [-0.05, 0) is 56.4 Å². The van der Waals surface area contributed by atoms with Crippen molar-refractivity contribution < 1.29 is 18.0 Å². The van der Waals surface area contributed by atoms with Gasteiger partial charge in [0.2, 0.25) is 21.8 Å².